The number of hydrogen-bond acceptors (Lipinski definition) is 4. The van der Waals surface area contributed by atoms with Gasteiger partial charge in [-0.15, -0.1) is 0 Å². The lowest BCUT2D eigenvalue weighted by atomic mass is 9.86. The first-order chi connectivity index (χ1) is 9.44. The lowest BCUT2D eigenvalue weighted by Crippen LogP contribution is -2.43. The Morgan fingerprint density at radius 2 is 2.10 bits per heavy atom. The van der Waals surface area contributed by atoms with E-state index >= 15 is 0 Å². The van der Waals surface area contributed by atoms with Crippen molar-refractivity contribution in [3.8, 4) is 0 Å². The molecule has 2 atom stereocenters. The van der Waals surface area contributed by atoms with Crippen molar-refractivity contribution < 1.29 is 13.5 Å². The molecular weight excluding hydrogens is 304 g/mol. The molecule has 1 aliphatic rings. The van der Waals surface area contributed by atoms with Gasteiger partial charge in [0.25, 0.3) is 5.56 Å². The monoisotopic (exact) mass is 320 g/mol. The van der Waals surface area contributed by atoms with Gasteiger partial charge in [-0.05, 0) is 24.8 Å². The van der Waals surface area contributed by atoms with Gasteiger partial charge in [-0.1, -0.05) is 24.4 Å². The molecular formula is C12H17ClN2O4S. The summed E-state index contributed by atoms with van der Waals surface area (Å²) in [4.78, 5) is 13.4. The zero-order valence-electron chi connectivity index (χ0n) is 10.8. The Kier molecular flexibility index (Phi) is 4.85. The third-order valence-corrected chi connectivity index (χ3v) is 5.34. The Balaban J connectivity index is 2.21. The molecule has 0 bridgehead atoms. The molecule has 8 heteroatoms. The number of halogens is 1. The van der Waals surface area contributed by atoms with Crippen molar-refractivity contribution in [1.82, 2.24) is 9.71 Å². The smallest absolute Gasteiger partial charge is 0.266 e. The number of sulfonamides is 1. The molecule has 2 rings (SSSR count). The molecule has 0 aliphatic heterocycles. The van der Waals surface area contributed by atoms with Crippen LogP contribution >= 0.6 is 11.6 Å². The maximum absolute atomic E-state index is 12.3. The molecule has 1 heterocycles. The Labute approximate surface area is 122 Å². The van der Waals surface area contributed by atoms with E-state index in [1.54, 1.807) is 0 Å². The molecule has 0 radical (unpaired) electrons. The normalized spacial score (nSPS) is 23.7. The first-order valence-electron chi connectivity index (χ1n) is 6.45. The first kappa shape index (κ1) is 15.5. The SMILES string of the molecule is O=c1[nH]cc(S(=O)(=O)NC2CCCCC2CO)cc1Cl. The topological polar surface area (TPSA) is 99.3 Å². The van der Waals surface area contributed by atoms with Crippen molar-refractivity contribution in [3.05, 3.63) is 27.6 Å². The minimum Gasteiger partial charge on any atom is -0.396 e. The average molecular weight is 321 g/mol. The molecule has 1 aromatic rings. The van der Waals surface area contributed by atoms with Crippen LogP contribution in [0.3, 0.4) is 0 Å². The number of hydrogen-bond donors (Lipinski definition) is 3. The van der Waals surface area contributed by atoms with Crippen LogP contribution in [-0.2, 0) is 10.0 Å². The number of aliphatic hydroxyl groups excluding tert-OH is 1. The predicted octanol–water partition coefficient (Wildman–Crippen LogP) is 0.858. The summed E-state index contributed by atoms with van der Waals surface area (Å²) in [6, 6.07) is 0.837. The standard InChI is InChI=1S/C12H17ClN2O4S/c13-10-5-9(6-14-12(10)17)20(18,19)15-11-4-2-1-3-8(11)7-16/h5-6,8,11,15-16H,1-4,7H2,(H,14,17). The fraction of sp³-hybridized carbons (Fsp3) is 0.583. The quantitative estimate of drug-likeness (QED) is 0.766. The molecule has 0 amide bonds. The van der Waals surface area contributed by atoms with E-state index in [9.17, 15) is 18.3 Å². The van der Waals surface area contributed by atoms with Crippen molar-refractivity contribution in [1.29, 1.82) is 0 Å². The summed E-state index contributed by atoms with van der Waals surface area (Å²) in [7, 11) is -3.76. The lowest BCUT2D eigenvalue weighted by Gasteiger charge is -2.30. The molecule has 2 unspecified atom stereocenters. The lowest BCUT2D eigenvalue weighted by molar-refractivity contribution is 0.164. The minimum absolute atomic E-state index is 0.0421. The fourth-order valence-electron chi connectivity index (χ4n) is 2.44. The van der Waals surface area contributed by atoms with Gasteiger partial charge in [-0.3, -0.25) is 4.79 Å². The van der Waals surface area contributed by atoms with Crippen LogP contribution in [0.15, 0.2) is 22.0 Å². The minimum atomic E-state index is -3.76. The van der Waals surface area contributed by atoms with Crippen LogP contribution in [0.5, 0.6) is 0 Å². The summed E-state index contributed by atoms with van der Waals surface area (Å²) < 4.78 is 27.1. The van der Waals surface area contributed by atoms with E-state index < -0.39 is 15.6 Å². The summed E-state index contributed by atoms with van der Waals surface area (Å²) in [5.74, 6) is -0.0724. The zero-order chi connectivity index (χ0) is 14.8. The van der Waals surface area contributed by atoms with Crippen LogP contribution in [0.25, 0.3) is 0 Å². The van der Waals surface area contributed by atoms with Gasteiger partial charge in [0.1, 0.15) is 5.02 Å². The van der Waals surface area contributed by atoms with Gasteiger partial charge < -0.3 is 10.1 Å². The van der Waals surface area contributed by atoms with E-state index in [2.05, 4.69) is 9.71 Å². The third-order valence-electron chi connectivity index (χ3n) is 3.59. The molecule has 20 heavy (non-hydrogen) atoms. The molecule has 6 nitrogen and oxygen atoms in total. The van der Waals surface area contributed by atoms with Crippen LogP contribution in [0.2, 0.25) is 5.02 Å². The van der Waals surface area contributed by atoms with E-state index in [0.29, 0.717) is 6.42 Å². The molecule has 1 aromatic heterocycles. The average Bonchev–Trinajstić information content (AvgIpc) is 2.42. The third kappa shape index (κ3) is 3.41. The van der Waals surface area contributed by atoms with Gasteiger partial charge in [0.2, 0.25) is 10.0 Å². The molecule has 1 aliphatic carbocycles. The number of nitrogens with one attached hydrogen (secondary N) is 2. The highest BCUT2D eigenvalue weighted by Gasteiger charge is 2.29. The van der Waals surface area contributed by atoms with Crippen molar-refractivity contribution in [2.75, 3.05) is 6.61 Å². The molecule has 0 saturated heterocycles. The largest absolute Gasteiger partial charge is 0.396 e. The number of aromatic nitrogens is 1. The first-order valence-corrected chi connectivity index (χ1v) is 8.31. The van der Waals surface area contributed by atoms with E-state index in [1.807, 2.05) is 0 Å². The zero-order valence-corrected chi connectivity index (χ0v) is 12.4. The van der Waals surface area contributed by atoms with Gasteiger partial charge in [-0.25, -0.2) is 13.1 Å². The molecule has 1 fully saturated rings. The second kappa shape index (κ2) is 6.26. The van der Waals surface area contributed by atoms with E-state index in [4.69, 9.17) is 11.6 Å². The Morgan fingerprint density at radius 1 is 1.40 bits per heavy atom. The van der Waals surface area contributed by atoms with E-state index in [0.717, 1.165) is 31.5 Å². The Bertz CT molecular complexity index is 629. The summed E-state index contributed by atoms with van der Waals surface area (Å²) in [5, 5.41) is 9.13. The van der Waals surface area contributed by atoms with Gasteiger partial charge >= 0.3 is 0 Å². The molecule has 0 spiro atoms. The second-order valence-electron chi connectivity index (χ2n) is 4.97. The van der Waals surface area contributed by atoms with Gasteiger partial charge in [0, 0.05) is 18.8 Å². The Morgan fingerprint density at radius 3 is 2.75 bits per heavy atom. The number of H-pyrrole nitrogens is 1. The highest BCUT2D eigenvalue weighted by atomic mass is 35.5. The number of aliphatic hydroxyl groups is 1. The van der Waals surface area contributed by atoms with Gasteiger partial charge in [-0.2, -0.15) is 0 Å². The summed E-state index contributed by atoms with van der Waals surface area (Å²) in [6.45, 7) is -0.0421. The van der Waals surface area contributed by atoms with Crippen LogP contribution in [0.4, 0.5) is 0 Å². The van der Waals surface area contributed by atoms with Gasteiger partial charge in [0.05, 0.1) is 4.90 Å². The fourth-order valence-corrected chi connectivity index (χ4v) is 4.01. The van der Waals surface area contributed by atoms with Crippen LogP contribution in [0, 0.1) is 5.92 Å². The summed E-state index contributed by atoms with van der Waals surface area (Å²) >= 11 is 5.64. The highest BCUT2D eigenvalue weighted by molar-refractivity contribution is 7.89. The predicted molar refractivity (Wildman–Crippen MR) is 75.2 cm³/mol. The maximum Gasteiger partial charge on any atom is 0.266 e. The second-order valence-corrected chi connectivity index (χ2v) is 7.09. The van der Waals surface area contributed by atoms with Crippen molar-refractivity contribution >= 4 is 21.6 Å². The van der Waals surface area contributed by atoms with Gasteiger partial charge in [0.15, 0.2) is 0 Å². The van der Waals surface area contributed by atoms with Crippen molar-refractivity contribution in [2.24, 2.45) is 5.92 Å². The summed E-state index contributed by atoms with van der Waals surface area (Å²) in [5.41, 5.74) is -0.531. The van der Waals surface area contributed by atoms with Crippen LogP contribution < -0.4 is 10.3 Å². The van der Waals surface area contributed by atoms with E-state index in [-0.39, 0.29) is 28.5 Å². The Hall–Kier alpha value is -0.890. The van der Waals surface area contributed by atoms with Crippen LogP contribution in [-0.4, -0.2) is 31.2 Å². The maximum atomic E-state index is 12.3. The van der Waals surface area contributed by atoms with Crippen molar-refractivity contribution in [3.63, 3.8) is 0 Å². The summed E-state index contributed by atoms with van der Waals surface area (Å²) in [6.07, 6.45) is 4.54. The molecule has 112 valence electrons. The molecule has 3 N–H and O–H groups in total. The van der Waals surface area contributed by atoms with Crippen LogP contribution in [0.1, 0.15) is 25.7 Å². The number of pyridine rings is 1. The number of aromatic amines is 1. The highest BCUT2D eigenvalue weighted by Crippen LogP contribution is 2.25. The van der Waals surface area contributed by atoms with E-state index in [1.165, 1.54) is 0 Å². The molecule has 0 aromatic carbocycles. The van der Waals surface area contributed by atoms with Crippen molar-refractivity contribution in [2.45, 2.75) is 36.6 Å². The number of rotatable bonds is 4. The molecule has 1 saturated carbocycles.